The van der Waals surface area contributed by atoms with Crippen molar-refractivity contribution in [2.45, 2.75) is 83.2 Å². The van der Waals surface area contributed by atoms with E-state index in [1.165, 1.54) is 0 Å². The quantitative estimate of drug-likeness (QED) is 0.423. The maximum Gasteiger partial charge on any atom is 0.308 e. The van der Waals surface area contributed by atoms with Crippen LogP contribution in [-0.2, 0) is 23.8 Å². The summed E-state index contributed by atoms with van der Waals surface area (Å²) in [5.74, 6) is 0.283. The third-order valence-corrected chi connectivity index (χ3v) is 6.31. The van der Waals surface area contributed by atoms with Gasteiger partial charge in [-0.15, -0.1) is 0 Å². The fraction of sp³-hybridized carbons (Fsp3) is 0.909. The summed E-state index contributed by atoms with van der Waals surface area (Å²) in [6.45, 7) is 1.18. The third-order valence-electron chi connectivity index (χ3n) is 6.31. The molecular formula is C22H38O6. The highest BCUT2D eigenvalue weighted by atomic mass is 16.5. The van der Waals surface area contributed by atoms with Gasteiger partial charge in [-0.05, 0) is 83.0 Å². The fourth-order valence-electron chi connectivity index (χ4n) is 4.25. The Morgan fingerprint density at radius 3 is 1.64 bits per heavy atom. The number of esters is 2. The molecule has 0 heterocycles. The van der Waals surface area contributed by atoms with E-state index in [9.17, 15) is 9.59 Å². The van der Waals surface area contributed by atoms with Crippen LogP contribution < -0.4 is 0 Å². The Morgan fingerprint density at radius 2 is 1.21 bits per heavy atom. The van der Waals surface area contributed by atoms with Crippen molar-refractivity contribution in [2.75, 3.05) is 26.9 Å². The fourth-order valence-corrected chi connectivity index (χ4v) is 4.25. The maximum atomic E-state index is 12.1. The van der Waals surface area contributed by atoms with Crippen molar-refractivity contribution < 1.29 is 28.9 Å². The number of aliphatic hydroxyl groups excluding tert-OH is 1. The number of aliphatic hydroxyl groups is 1. The summed E-state index contributed by atoms with van der Waals surface area (Å²) in [7, 11) is 1.73. The molecule has 0 unspecified atom stereocenters. The standard InChI is InChI=1S/C22H38O6/c1-26-20-12-10-19(11-13-20)22(25)28-15-5-3-2-4-14-27-21(24)18-8-6-17(16-23)7-9-18/h17-20,23H,2-16H2,1H3. The highest BCUT2D eigenvalue weighted by molar-refractivity contribution is 5.72. The van der Waals surface area contributed by atoms with Crippen molar-refractivity contribution in [1.29, 1.82) is 0 Å². The van der Waals surface area contributed by atoms with Gasteiger partial charge < -0.3 is 19.3 Å². The van der Waals surface area contributed by atoms with Crippen molar-refractivity contribution in [3.63, 3.8) is 0 Å². The molecule has 28 heavy (non-hydrogen) atoms. The summed E-state index contributed by atoms with van der Waals surface area (Å²) in [6, 6.07) is 0. The van der Waals surface area contributed by atoms with Crippen molar-refractivity contribution in [3.05, 3.63) is 0 Å². The normalized spacial score (nSPS) is 27.9. The van der Waals surface area contributed by atoms with E-state index in [1.54, 1.807) is 7.11 Å². The zero-order valence-corrected chi connectivity index (χ0v) is 17.4. The van der Waals surface area contributed by atoms with Crippen molar-refractivity contribution in [1.82, 2.24) is 0 Å². The lowest BCUT2D eigenvalue weighted by molar-refractivity contribution is -0.151. The number of carbonyl (C=O) groups excluding carboxylic acids is 2. The van der Waals surface area contributed by atoms with Crippen LogP contribution >= 0.6 is 0 Å². The van der Waals surface area contributed by atoms with E-state index in [1.807, 2.05) is 0 Å². The first-order valence-electron chi connectivity index (χ1n) is 11.1. The smallest absolute Gasteiger partial charge is 0.308 e. The minimum absolute atomic E-state index is 0.0150. The van der Waals surface area contributed by atoms with Gasteiger partial charge in [-0.1, -0.05) is 0 Å². The van der Waals surface area contributed by atoms with E-state index in [-0.39, 0.29) is 30.4 Å². The van der Waals surface area contributed by atoms with Crippen LogP contribution in [0.2, 0.25) is 0 Å². The number of methoxy groups -OCH3 is 1. The predicted molar refractivity (Wildman–Crippen MR) is 106 cm³/mol. The van der Waals surface area contributed by atoms with Crippen molar-refractivity contribution >= 4 is 11.9 Å². The first-order valence-corrected chi connectivity index (χ1v) is 11.1. The van der Waals surface area contributed by atoms with Gasteiger partial charge in [0, 0.05) is 13.7 Å². The largest absolute Gasteiger partial charge is 0.465 e. The van der Waals surface area contributed by atoms with Crippen LogP contribution in [0, 0.1) is 17.8 Å². The van der Waals surface area contributed by atoms with Crippen LogP contribution in [0.1, 0.15) is 77.0 Å². The third kappa shape index (κ3) is 8.08. The number of hydrogen-bond acceptors (Lipinski definition) is 6. The Labute approximate surface area is 169 Å². The first-order chi connectivity index (χ1) is 13.6. The van der Waals surface area contributed by atoms with E-state index in [0.29, 0.717) is 25.2 Å². The molecule has 0 bridgehead atoms. The molecule has 0 spiro atoms. The molecule has 2 rings (SSSR count). The van der Waals surface area contributed by atoms with Gasteiger partial charge in [0.2, 0.25) is 0 Å². The second kappa shape index (κ2) is 13.2. The Balaban J connectivity index is 1.41. The highest BCUT2D eigenvalue weighted by Crippen LogP contribution is 2.29. The van der Waals surface area contributed by atoms with Gasteiger partial charge in [-0.25, -0.2) is 0 Å². The summed E-state index contributed by atoms with van der Waals surface area (Å²) in [5.41, 5.74) is 0. The molecule has 0 aliphatic heterocycles. The van der Waals surface area contributed by atoms with E-state index < -0.39 is 0 Å². The molecule has 0 aromatic carbocycles. The van der Waals surface area contributed by atoms with E-state index in [2.05, 4.69) is 0 Å². The van der Waals surface area contributed by atoms with Crippen LogP contribution in [0.15, 0.2) is 0 Å². The van der Waals surface area contributed by atoms with Crippen LogP contribution in [0.4, 0.5) is 0 Å². The highest BCUT2D eigenvalue weighted by Gasteiger charge is 2.28. The Morgan fingerprint density at radius 1 is 0.750 bits per heavy atom. The summed E-state index contributed by atoms with van der Waals surface area (Å²) >= 11 is 0. The molecule has 0 radical (unpaired) electrons. The maximum absolute atomic E-state index is 12.1. The first kappa shape index (κ1) is 23.1. The lowest BCUT2D eigenvalue weighted by atomic mass is 9.82. The molecule has 2 aliphatic rings. The second-order valence-corrected chi connectivity index (χ2v) is 8.36. The van der Waals surface area contributed by atoms with Gasteiger partial charge in [0.15, 0.2) is 0 Å². The lowest BCUT2D eigenvalue weighted by Gasteiger charge is -2.26. The van der Waals surface area contributed by atoms with Gasteiger partial charge >= 0.3 is 11.9 Å². The molecule has 0 amide bonds. The van der Waals surface area contributed by atoms with Gasteiger partial charge in [-0.2, -0.15) is 0 Å². The summed E-state index contributed by atoms with van der Waals surface area (Å²) in [5, 5.41) is 9.15. The lowest BCUT2D eigenvalue weighted by Crippen LogP contribution is -2.27. The molecule has 6 heteroatoms. The summed E-state index contributed by atoms with van der Waals surface area (Å²) < 4.78 is 16.1. The second-order valence-electron chi connectivity index (χ2n) is 8.36. The van der Waals surface area contributed by atoms with E-state index in [0.717, 1.165) is 77.0 Å². The molecule has 1 N–H and O–H groups in total. The van der Waals surface area contributed by atoms with Gasteiger partial charge in [-0.3, -0.25) is 9.59 Å². The molecule has 0 aromatic heterocycles. The molecule has 162 valence electrons. The number of hydrogen-bond donors (Lipinski definition) is 1. The Kier molecular flexibility index (Phi) is 10.9. The summed E-state index contributed by atoms with van der Waals surface area (Å²) in [6.07, 6.45) is 11.1. The monoisotopic (exact) mass is 398 g/mol. The van der Waals surface area contributed by atoms with Gasteiger partial charge in [0.25, 0.3) is 0 Å². The molecule has 2 aliphatic carbocycles. The molecule has 2 saturated carbocycles. The average molecular weight is 399 g/mol. The minimum Gasteiger partial charge on any atom is -0.465 e. The van der Waals surface area contributed by atoms with Crippen LogP contribution in [0.3, 0.4) is 0 Å². The molecular weight excluding hydrogens is 360 g/mol. The predicted octanol–water partition coefficient (Wildman–Crippen LogP) is 3.64. The SMILES string of the molecule is COC1CCC(C(=O)OCCCCCCOC(=O)C2CCC(CO)CC2)CC1. The van der Waals surface area contributed by atoms with E-state index >= 15 is 0 Å². The summed E-state index contributed by atoms with van der Waals surface area (Å²) in [4.78, 5) is 24.1. The minimum atomic E-state index is -0.0755. The van der Waals surface area contributed by atoms with E-state index in [4.69, 9.17) is 19.3 Å². The number of carbonyl (C=O) groups is 2. The Hall–Kier alpha value is -1.14. The molecule has 6 nitrogen and oxygen atoms in total. The number of unbranched alkanes of at least 4 members (excludes halogenated alkanes) is 3. The van der Waals surface area contributed by atoms with Crippen molar-refractivity contribution in [2.24, 2.45) is 17.8 Å². The molecule has 2 fully saturated rings. The average Bonchev–Trinajstić information content (AvgIpc) is 2.75. The number of ether oxygens (including phenoxy) is 3. The topological polar surface area (TPSA) is 82.1 Å². The zero-order valence-electron chi connectivity index (χ0n) is 17.4. The van der Waals surface area contributed by atoms with Crippen LogP contribution in [-0.4, -0.2) is 50.1 Å². The molecule has 0 atom stereocenters. The zero-order chi connectivity index (χ0) is 20.2. The van der Waals surface area contributed by atoms with Crippen molar-refractivity contribution in [3.8, 4) is 0 Å². The molecule has 0 aromatic rings. The molecule has 0 saturated heterocycles. The van der Waals surface area contributed by atoms with Crippen LogP contribution in [0.5, 0.6) is 0 Å². The number of rotatable bonds is 11. The Bertz CT molecular complexity index is 408. The van der Waals surface area contributed by atoms with Gasteiger partial charge in [0.05, 0.1) is 31.2 Å². The van der Waals surface area contributed by atoms with Crippen LogP contribution in [0.25, 0.3) is 0 Å². The van der Waals surface area contributed by atoms with Gasteiger partial charge in [0.1, 0.15) is 0 Å².